The largest absolute Gasteiger partial charge is 0.465 e. The van der Waals surface area contributed by atoms with E-state index < -0.39 is 5.60 Å². The maximum absolute atomic E-state index is 12.2. The van der Waals surface area contributed by atoms with Gasteiger partial charge in [0.15, 0.2) is 0 Å². The lowest BCUT2D eigenvalue weighted by Crippen LogP contribution is -2.44. The molecule has 0 aromatic carbocycles. The second kappa shape index (κ2) is 8.22. The van der Waals surface area contributed by atoms with Crippen molar-refractivity contribution in [3.8, 4) is 0 Å². The van der Waals surface area contributed by atoms with E-state index in [1.807, 2.05) is 46.8 Å². The van der Waals surface area contributed by atoms with Crippen molar-refractivity contribution >= 4 is 6.09 Å². The summed E-state index contributed by atoms with van der Waals surface area (Å²) in [5.74, 6) is 1.92. The highest BCUT2D eigenvalue weighted by molar-refractivity contribution is 5.68. The van der Waals surface area contributed by atoms with Crippen molar-refractivity contribution in [2.24, 2.45) is 0 Å². The fraction of sp³-hybridized carbons (Fsp3) is 0.706. The Balaban J connectivity index is 2.39. The molecule has 1 rings (SSSR count). The highest BCUT2D eigenvalue weighted by Crippen LogP contribution is 2.12. The van der Waals surface area contributed by atoms with E-state index in [9.17, 15) is 4.79 Å². The summed E-state index contributed by atoms with van der Waals surface area (Å²) in [6, 6.07) is 4.09. The van der Waals surface area contributed by atoms with Gasteiger partial charge in [-0.25, -0.2) is 4.79 Å². The molecule has 22 heavy (non-hydrogen) atoms. The minimum Gasteiger partial charge on any atom is -0.465 e. The Morgan fingerprint density at radius 1 is 1.32 bits per heavy atom. The van der Waals surface area contributed by atoms with Gasteiger partial charge in [-0.3, -0.25) is 0 Å². The summed E-state index contributed by atoms with van der Waals surface area (Å²) >= 11 is 0. The molecule has 0 saturated carbocycles. The van der Waals surface area contributed by atoms with E-state index in [2.05, 4.69) is 12.2 Å². The Labute approximate surface area is 134 Å². The van der Waals surface area contributed by atoms with Crippen LogP contribution in [-0.2, 0) is 17.7 Å². The second-order valence-corrected chi connectivity index (χ2v) is 6.67. The van der Waals surface area contributed by atoms with Crippen LogP contribution in [0.4, 0.5) is 4.79 Å². The molecule has 0 fully saturated rings. The number of hydrogen-bond donors (Lipinski definition) is 1. The molecule has 126 valence electrons. The average Bonchev–Trinajstić information content (AvgIpc) is 2.83. The monoisotopic (exact) mass is 310 g/mol. The molecule has 5 nitrogen and oxygen atoms in total. The molecule has 1 amide bonds. The minimum absolute atomic E-state index is 0.104. The number of hydrogen-bond acceptors (Lipinski definition) is 4. The van der Waals surface area contributed by atoms with Crippen molar-refractivity contribution < 1.29 is 13.9 Å². The smallest absolute Gasteiger partial charge is 0.410 e. The maximum atomic E-state index is 12.2. The van der Waals surface area contributed by atoms with Crippen molar-refractivity contribution in [2.45, 2.75) is 66.2 Å². The first-order chi connectivity index (χ1) is 10.2. The van der Waals surface area contributed by atoms with Crippen LogP contribution in [0.3, 0.4) is 0 Å². The zero-order valence-corrected chi connectivity index (χ0v) is 14.7. The molecule has 0 bridgehead atoms. The molecule has 1 aromatic rings. The van der Waals surface area contributed by atoms with Crippen LogP contribution in [0.5, 0.6) is 0 Å². The molecule has 0 saturated heterocycles. The predicted octanol–water partition coefficient (Wildman–Crippen LogP) is 3.58. The molecular formula is C17H30N2O3. The third-order valence-corrected chi connectivity index (χ3v) is 3.15. The highest BCUT2D eigenvalue weighted by Gasteiger charge is 2.23. The Kier molecular flexibility index (Phi) is 6.94. The van der Waals surface area contributed by atoms with Crippen molar-refractivity contribution in [3.63, 3.8) is 0 Å². The summed E-state index contributed by atoms with van der Waals surface area (Å²) in [6.07, 6.45) is 0.635. The Bertz CT molecular complexity index is 461. The average molecular weight is 310 g/mol. The molecule has 1 aromatic heterocycles. The molecule has 0 spiro atoms. The molecule has 5 heteroatoms. The molecule has 1 N–H and O–H groups in total. The number of amides is 1. The third-order valence-electron chi connectivity index (χ3n) is 3.15. The first-order valence-electron chi connectivity index (χ1n) is 8.01. The molecule has 0 aliphatic carbocycles. The quantitative estimate of drug-likeness (QED) is 0.782. The summed E-state index contributed by atoms with van der Waals surface area (Å²) in [7, 11) is 0. The van der Waals surface area contributed by atoms with Crippen molar-refractivity contribution in [2.75, 3.05) is 13.1 Å². The van der Waals surface area contributed by atoms with Crippen molar-refractivity contribution in [3.05, 3.63) is 23.7 Å². The van der Waals surface area contributed by atoms with Crippen LogP contribution < -0.4 is 5.32 Å². The zero-order valence-electron chi connectivity index (χ0n) is 14.7. The molecule has 1 heterocycles. The van der Waals surface area contributed by atoms with Crippen LogP contribution in [0.2, 0.25) is 0 Å². The first-order valence-corrected chi connectivity index (χ1v) is 8.01. The maximum Gasteiger partial charge on any atom is 0.410 e. The standard InChI is InChI=1S/C17H30N2O3/c1-7-14-8-9-15(21-14)12-18-10-11-19(13(2)3)16(20)22-17(4,5)6/h8-9,13,18H,7,10-12H2,1-6H3. The van der Waals surface area contributed by atoms with Gasteiger partial charge in [0.25, 0.3) is 0 Å². The van der Waals surface area contributed by atoms with Crippen LogP contribution in [0.1, 0.15) is 53.1 Å². The van der Waals surface area contributed by atoms with Crippen LogP contribution in [-0.4, -0.2) is 35.7 Å². The Hall–Kier alpha value is -1.49. The van der Waals surface area contributed by atoms with Gasteiger partial charge in [-0.1, -0.05) is 6.92 Å². The first kappa shape index (κ1) is 18.6. The van der Waals surface area contributed by atoms with E-state index in [1.54, 1.807) is 4.90 Å². The van der Waals surface area contributed by atoms with Gasteiger partial charge in [0.1, 0.15) is 17.1 Å². The van der Waals surface area contributed by atoms with E-state index in [4.69, 9.17) is 9.15 Å². The fourth-order valence-corrected chi connectivity index (χ4v) is 2.00. The van der Waals surface area contributed by atoms with Gasteiger partial charge in [0, 0.05) is 25.6 Å². The Morgan fingerprint density at radius 3 is 2.45 bits per heavy atom. The molecule has 0 aliphatic rings. The number of nitrogens with zero attached hydrogens (tertiary/aromatic N) is 1. The fourth-order valence-electron chi connectivity index (χ4n) is 2.00. The summed E-state index contributed by atoms with van der Waals surface area (Å²) in [5, 5.41) is 3.30. The van der Waals surface area contributed by atoms with E-state index in [1.165, 1.54) is 0 Å². The van der Waals surface area contributed by atoms with E-state index in [0.29, 0.717) is 19.6 Å². The van der Waals surface area contributed by atoms with E-state index in [0.717, 1.165) is 17.9 Å². The topological polar surface area (TPSA) is 54.7 Å². The number of aryl methyl sites for hydroxylation is 1. The van der Waals surface area contributed by atoms with Gasteiger partial charge < -0.3 is 19.4 Å². The van der Waals surface area contributed by atoms with Gasteiger partial charge >= 0.3 is 6.09 Å². The molecule has 0 aliphatic heterocycles. The summed E-state index contributed by atoms with van der Waals surface area (Å²) in [4.78, 5) is 13.9. The van der Waals surface area contributed by atoms with Crippen LogP contribution in [0.25, 0.3) is 0 Å². The number of rotatable bonds is 7. The number of carbonyl (C=O) groups is 1. The lowest BCUT2D eigenvalue weighted by molar-refractivity contribution is 0.0193. The predicted molar refractivity (Wildman–Crippen MR) is 87.9 cm³/mol. The minimum atomic E-state index is -0.470. The Morgan fingerprint density at radius 2 is 1.95 bits per heavy atom. The van der Waals surface area contributed by atoms with Crippen LogP contribution in [0, 0.1) is 0 Å². The van der Waals surface area contributed by atoms with Crippen LogP contribution >= 0.6 is 0 Å². The van der Waals surface area contributed by atoms with Gasteiger partial charge in [-0.2, -0.15) is 0 Å². The second-order valence-electron chi connectivity index (χ2n) is 6.67. The van der Waals surface area contributed by atoms with Crippen molar-refractivity contribution in [1.29, 1.82) is 0 Å². The number of carbonyl (C=O) groups excluding carboxylic acids is 1. The zero-order chi connectivity index (χ0) is 16.8. The third kappa shape index (κ3) is 6.52. The molecule has 0 unspecified atom stereocenters. The van der Waals surface area contributed by atoms with E-state index >= 15 is 0 Å². The lowest BCUT2D eigenvalue weighted by Gasteiger charge is -2.30. The van der Waals surface area contributed by atoms with Gasteiger partial charge in [-0.05, 0) is 46.8 Å². The number of ether oxygens (including phenoxy) is 1. The van der Waals surface area contributed by atoms with Crippen LogP contribution in [0.15, 0.2) is 16.5 Å². The number of nitrogens with one attached hydrogen (secondary N) is 1. The number of furan rings is 1. The summed E-state index contributed by atoms with van der Waals surface area (Å²) in [6.45, 7) is 13.6. The van der Waals surface area contributed by atoms with E-state index in [-0.39, 0.29) is 12.1 Å². The summed E-state index contributed by atoms with van der Waals surface area (Å²) < 4.78 is 11.1. The van der Waals surface area contributed by atoms with Crippen molar-refractivity contribution in [1.82, 2.24) is 10.2 Å². The van der Waals surface area contributed by atoms with Gasteiger partial charge in [0.05, 0.1) is 6.54 Å². The van der Waals surface area contributed by atoms with Gasteiger partial charge in [-0.15, -0.1) is 0 Å². The summed E-state index contributed by atoms with van der Waals surface area (Å²) in [5.41, 5.74) is -0.470. The highest BCUT2D eigenvalue weighted by atomic mass is 16.6. The van der Waals surface area contributed by atoms with Gasteiger partial charge in [0.2, 0.25) is 0 Å². The molecular weight excluding hydrogens is 280 g/mol. The SMILES string of the molecule is CCc1ccc(CNCCN(C(=O)OC(C)(C)C)C(C)C)o1. The molecule has 0 atom stereocenters. The normalized spacial score (nSPS) is 11.8. The lowest BCUT2D eigenvalue weighted by atomic mass is 10.2. The molecule has 0 radical (unpaired) electrons.